The van der Waals surface area contributed by atoms with Gasteiger partial charge in [0, 0.05) is 12.4 Å². The van der Waals surface area contributed by atoms with Crippen LogP contribution < -0.4 is 5.32 Å². The molecule has 18 heavy (non-hydrogen) atoms. The molecule has 1 aromatic heterocycles. The largest absolute Gasteiger partial charge is 0.444 e. The minimum Gasteiger partial charge on any atom is -0.444 e. The van der Waals surface area contributed by atoms with E-state index in [9.17, 15) is 18.0 Å². The number of nitrogens with zero attached hydrogens (tertiary/aromatic N) is 2. The van der Waals surface area contributed by atoms with Gasteiger partial charge in [0.1, 0.15) is 5.60 Å². The predicted molar refractivity (Wildman–Crippen MR) is 56.9 cm³/mol. The van der Waals surface area contributed by atoms with Crippen molar-refractivity contribution in [3.05, 3.63) is 18.1 Å². The Kier molecular flexibility index (Phi) is 3.78. The number of nitrogens with one attached hydrogen (secondary N) is 1. The minimum absolute atomic E-state index is 0.681. The maximum Gasteiger partial charge on any atom is 0.437 e. The number of hydrogen-bond acceptors (Lipinski definition) is 4. The van der Waals surface area contributed by atoms with E-state index in [4.69, 9.17) is 4.74 Å². The molecule has 0 atom stereocenters. The molecular weight excluding hydrogens is 251 g/mol. The number of hydrogen-bond donors (Lipinski definition) is 1. The Bertz CT molecular complexity index is 441. The molecule has 0 aromatic carbocycles. The van der Waals surface area contributed by atoms with Crippen LogP contribution in [0.2, 0.25) is 0 Å². The standard InChI is InChI=1S/C10H12F3N3O2/c1-9(2,3)18-8(17)16-7-6(10(11,12)13)14-4-5-15-7/h4-5H,1-3H3,(H,15,16,17). The summed E-state index contributed by atoms with van der Waals surface area (Å²) in [7, 11) is 0. The zero-order valence-corrected chi connectivity index (χ0v) is 10.00. The van der Waals surface area contributed by atoms with Crippen molar-refractivity contribution >= 4 is 11.9 Å². The van der Waals surface area contributed by atoms with E-state index in [1.807, 2.05) is 5.32 Å². The summed E-state index contributed by atoms with van der Waals surface area (Å²) in [5.74, 6) is -0.681. The fourth-order valence-electron chi connectivity index (χ4n) is 1.04. The van der Waals surface area contributed by atoms with Gasteiger partial charge in [0.25, 0.3) is 0 Å². The van der Waals surface area contributed by atoms with Crippen LogP contribution in [0.15, 0.2) is 12.4 Å². The first kappa shape index (κ1) is 14.2. The number of carbonyl (C=O) groups is 1. The first-order valence-electron chi connectivity index (χ1n) is 4.98. The van der Waals surface area contributed by atoms with Gasteiger partial charge in [-0.25, -0.2) is 14.8 Å². The van der Waals surface area contributed by atoms with Crippen molar-refractivity contribution in [3.63, 3.8) is 0 Å². The highest BCUT2D eigenvalue weighted by Crippen LogP contribution is 2.31. The summed E-state index contributed by atoms with van der Waals surface area (Å²) in [6.07, 6.45) is -3.78. The molecule has 1 N–H and O–H groups in total. The third-order valence-corrected chi connectivity index (χ3v) is 1.59. The summed E-state index contributed by atoms with van der Waals surface area (Å²) >= 11 is 0. The van der Waals surface area contributed by atoms with E-state index < -0.39 is 29.4 Å². The number of carbonyl (C=O) groups excluding carboxylic acids is 1. The van der Waals surface area contributed by atoms with Crippen molar-refractivity contribution in [2.75, 3.05) is 5.32 Å². The summed E-state index contributed by atoms with van der Waals surface area (Å²) < 4.78 is 42.5. The molecule has 0 aliphatic rings. The molecule has 1 amide bonds. The van der Waals surface area contributed by atoms with Crippen LogP contribution in [-0.4, -0.2) is 21.7 Å². The first-order chi connectivity index (χ1) is 8.09. The summed E-state index contributed by atoms with van der Waals surface area (Å²) in [6.45, 7) is 4.77. The fraction of sp³-hybridized carbons (Fsp3) is 0.500. The topological polar surface area (TPSA) is 64.1 Å². The first-order valence-corrected chi connectivity index (χ1v) is 4.98. The number of aromatic nitrogens is 2. The Morgan fingerprint density at radius 1 is 1.22 bits per heavy atom. The van der Waals surface area contributed by atoms with Crippen LogP contribution in [0.3, 0.4) is 0 Å². The lowest BCUT2D eigenvalue weighted by atomic mass is 10.2. The van der Waals surface area contributed by atoms with Crippen molar-refractivity contribution in [2.24, 2.45) is 0 Å². The van der Waals surface area contributed by atoms with Crippen molar-refractivity contribution in [3.8, 4) is 0 Å². The summed E-state index contributed by atoms with van der Waals surface area (Å²) in [5, 5.41) is 1.92. The fourth-order valence-corrected chi connectivity index (χ4v) is 1.04. The highest BCUT2D eigenvalue weighted by Gasteiger charge is 2.37. The number of alkyl halides is 3. The molecule has 0 saturated heterocycles. The zero-order chi connectivity index (χ0) is 14.0. The van der Waals surface area contributed by atoms with Gasteiger partial charge in [-0.3, -0.25) is 5.32 Å². The van der Waals surface area contributed by atoms with Crippen LogP contribution in [0.4, 0.5) is 23.8 Å². The molecule has 0 aliphatic heterocycles. The maximum atomic E-state index is 12.5. The number of amides is 1. The van der Waals surface area contributed by atoms with E-state index in [1.54, 1.807) is 20.8 Å². The van der Waals surface area contributed by atoms with Crippen LogP contribution in [0.5, 0.6) is 0 Å². The van der Waals surface area contributed by atoms with Crippen molar-refractivity contribution in [1.29, 1.82) is 0 Å². The molecule has 1 heterocycles. The van der Waals surface area contributed by atoms with Gasteiger partial charge < -0.3 is 4.74 Å². The molecule has 8 heteroatoms. The molecule has 1 rings (SSSR count). The third-order valence-electron chi connectivity index (χ3n) is 1.59. The Morgan fingerprint density at radius 3 is 2.28 bits per heavy atom. The Morgan fingerprint density at radius 2 is 1.78 bits per heavy atom. The Labute approximate surface area is 101 Å². The van der Waals surface area contributed by atoms with Crippen LogP contribution in [0, 0.1) is 0 Å². The second-order valence-corrected chi connectivity index (χ2v) is 4.38. The quantitative estimate of drug-likeness (QED) is 0.846. The molecule has 1 aromatic rings. The molecule has 0 aliphatic carbocycles. The van der Waals surface area contributed by atoms with E-state index in [0.29, 0.717) is 0 Å². The number of ether oxygens (including phenoxy) is 1. The van der Waals surface area contributed by atoms with E-state index in [1.165, 1.54) is 0 Å². The minimum atomic E-state index is -4.70. The average Bonchev–Trinajstić information content (AvgIpc) is 2.13. The van der Waals surface area contributed by atoms with Gasteiger partial charge in [0.05, 0.1) is 0 Å². The molecule has 5 nitrogen and oxygen atoms in total. The van der Waals surface area contributed by atoms with E-state index in [0.717, 1.165) is 12.4 Å². The highest BCUT2D eigenvalue weighted by molar-refractivity contribution is 5.84. The lowest BCUT2D eigenvalue weighted by Crippen LogP contribution is -2.28. The van der Waals surface area contributed by atoms with Gasteiger partial charge in [-0.05, 0) is 20.8 Å². The second kappa shape index (κ2) is 4.79. The molecule has 100 valence electrons. The van der Waals surface area contributed by atoms with Crippen LogP contribution in [-0.2, 0) is 10.9 Å². The van der Waals surface area contributed by atoms with E-state index >= 15 is 0 Å². The highest BCUT2D eigenvalue weighted by atomic mass is 19.4. The number of rotatable bonds is 1. The van der Waals surface area contributed by atoms with Gasteiger partial charge >= 0.3 is 12.3 Å². The van der Waals surface area contributed by atoms with E-state index in [2.05, 4.69) is 9.97 Å². The average molecular weight is 263 g/mol. The van der Waals surface area contributed by atoms with E-state index in [-0.39, 0.29) is 0 Å². The lowest BCUT2D eigenvalue weighted by Gasteiger charge is -2.20. The number of anilines is 1. The monoisotopic (exact) mass is 263 g/mol. The van der Waals surface area contributed by atoms with Gasteiger partial charge in [-0.1, -0.05) is 0 Å². The molecular formula is C10H12F3N3O2. The normalized spacial score (nSPS) is 12.1. The summed E-state index contributed by atoms with van der Waals surface area (Å²) in [6, 6.07) is 0. The predicted octanol–water partition coefficient (Wildman–Crippen LogP) is 2.84. The third kappa shape index (κ3) is 4.19. The molecule has 0 fully saturated rings. The van der Waals surface area contributed by atoms with Crippen molar-refractivity contribution < 1.29 is 22.7 Å². The van der Waals surface area contributed by atoms with Gasteiger partial charge in [-0.15, -0.1) is 0 Å². The van der Waals surface area contributed by atoms with Crippen LogP contribution in [0.25, 0.3) is 0 Å². The van der Waals surface area contributed by atoms with Gasteiger partial charge in [0.15, 0.2) is 11.5 Å². The summed E-state index contributed by atoms with van der Waals surface area (Å²) in [4.78, 5) is 17.9. The summed E-state index contributed by atoms with van der Waals surface area (Å²) in [5.41, 5.74) is -2.08. The SMILES string of the molecule is CC(C)(C)OC(=O)Nc1nccnc1C(F)(F)F. The lowest BCUT2D eigenvalue weighted by molar-refractivity contribution is -0.140. The Hall–Kier alpha value is -1.86. The molecule has 0 radical (unpaired) electrons. The van der Waals surface area contributed by atoms with Crippen molar-refractivity contribution in [2.45, 2.75) is 32.5 Å². The van der Waals surface area contributed by atoms with Gasteiger partial charge in [-0.2, -0.15) is 13.2 Å². The molecule has 0 spiro atoms. The smallest absolute Gasteiger partial charge is 0.437 e. The van der Waals surface area contributed by atoms with Crippen LogP contribution in [0.1, 0.15) is 26.5 Å². The molecule has 0 unspecified atom stereocenters. The molecule has 0 bridgehead atoms. The molecule has 0 saturated carbocycles. The number of halogens is 3. The van der Waals surface area contributed by atoms with Crippen LogP contribution >= 0.6 is 0 Å². The second-order valence-electron chi connectivity index (χ2n) is 4.38. The maximum absolute atomic E-state index is 12.5. The van der Waals surface area contributed by atoms with Gasteiger partial charge in [0.2, 0.25) is 0 Å². The zero-order valence-electron chi connectivity index (χ0n) is 10.00. The van der Waals surface area contributed by atoms with Crippen molar-refractivity contribution in [1.82, 2.24) is 9.97 Å². The Balaban J connectivity index is 2.89.